The van der Waals surface area contributed by atoms with Crippen LogP contribution in [0.3, 0.4) is 0 Å². The number of amides is 1. The van der Waals surface area contributed by atoms with Gasteiger partial charge in [0, 0.05) is 35.8 Å². The number of carbonyl (C=O) groups is 1. The number of nitrogens with one attached hydrogen (secondary N) is 2. The molecular formula is C46H43ClF3N7O7. The van der Waals surface area contributed by atoms with Gasteiger partial charge in [0.1, 0.15) is 41.4 Å². The SMILES string of the molecule is COc1ccc(CN(Cc2ccc(OC)cc2)c2cc(C)c(C(F)(F)F)c(-c3cc4c5c(c3Cl)=NCNC=5N(Cc3cccnc3NC(=O)O)C=C(OCC35COC(C3)C5)O4)n2)cc1. The van der Waals surface area contributed by atoms with Gasteiger partial charge in [0.05, 0.1) is 73.1 Å². The van der Waals surface area contributed by atoms with E-state index in [4.69, 9.17) is 40.3 Å². The van der Waals surface area contributed by atoms with Crippen LogP contribution in [-0.4, -0.2) is 66.3 Å². The van der Waals surface area contributed by atoms with Gasteiger partial charge in [-0.3, -0.25) is 10.3 Å². The number of aryl methyl sites for hydroxylation is 1. The molecule has 0 radical (unpaired) electrons. The zero-order valence-corrected chi connectivity index (χ0v) is 35.7. The van der Waals surface area contributed by atoms with Crippen molar-refractivity contribution in [1.82, 2.24) is 20.2 Å². The summed E-state index contributed by atoms with van der Waals surface area (Å²) in [4.78, 5) is 29.1. The maximum absolute atomic E-state index is 15.4. The van der Waals surface area contributed by atoms with Gasteiger partial charge in [0.15, 0.2) is 0 Å². The second-order valence-electron chi connectivity index (χ2n) is 16.1. The molecule has 332 valence electrons. The third-order valence-corrected chi connectivity index (χ3v) is 12.1. The first-order chi connectivity index (χ1) is 30.8. The maximum atomic E-state index is 15.4. The Morgan fingerprint density at radius 1 is 1.05 bits per heavy atom. The van der Waals surface area contributed by atoms with E-state index < -0.39 is 23.5 Å². The first-order valence-corrected chi connectivity index (χ1v) is 20.8. The van der Waals surface area contributed by atoms with Crippen LogP contribution in [0.25, 0.3) is 17.1 Å². The summed E-state index contributed by atoms with van der Waals surface area (Å²) in [5.74, 6) is 2.31. The van der Waals surface area contributed by atoms with Crippen molar-refractivity contribution in [2.45, 2.75) is 51.7 Å². The molecule has 0 atom stereocenters. The Morgan fingerprint density at radius 2 is 1.73 bits per heavy atom. The Morgan fingerprint density at radius 3 is 2.34 bits per heavy atom. The Bertz CT molecular complexity index is 2710. The lowest BCUT2D eigenvalue weighted by Crippen LogP contribution is -2.44. The van der Waals surface area contributed by atoms with Crippen LogP contribution in [0.4, 0.5) is 29.6 Å². The molecule has 5 aliphatic rings. The van der Waals surface area contributed by atoms with E-state index in [-0.39, 0.29) is 89.3 Å². The Kier molecular flexibility index (Phi) is 11.4. The van der Waals surface area contributed by atoms with Gasteiger partial charge in [-0.15, -0.1) is 0 Å². The van der Waals surface area contributed by atoms with Crippen molar-refractivity contribution in [3.05, 3.63) is 135 Å². The van der Waals surface area contributed by atoms with Gasteiger partial charge in [-0.2, -0.15) is 13.2 Å². The molecule has 10 rings (SSSR count). The lowest BCUT2D eigenvalue weighted by molar-refractivity contribution is -0.137. The van der Waals surface area contributed by atoms with E-state index in [1.54, 1.807) is 37.5 Å². The number of alkyl halides is 3. The van der Waals surface area contributed by atoms with E-state index >= 15 is 13.2 Å². The van der Waals surface area contributed by atoms with E-state index in [0.717, 1.165) is 24.0 Å². The number of fused-ring (bicyclic) bond motifs is 1. The quantitative estimate of drug-likeness (QED) is 0.101. The van der Waals surface area contributed by atoms with Crippen LogP contribution >= 0.6 is 11.6 Å². The van der Waals surface area contributed by atoms with Crippen LogP contribution in [0.1, 0.15) is 40.7 Å². The molecule has 1 aliphatic carbocycles. The predicted molar refractivity (Wildman–Crippen MR) is 230 cm³/mol. The minimum atomic E-state index is -4.84. The zero-order chi connectivity index (χ0) is 44.8. The molecule has 4 aliphatic heterocycles. The Balaban J connectivity index is 1.19. The summed E-state index contributed by atoms with van der Waals surface area (Å²) in [6.07, 6.45) is -1.20. The molecule has 5 aromatic rings. The largest absolute Gasteiger partial charge is 0.497 e. The average Bonchev–Trinajstić information content (AvgIpc) is 3.84. The topological polar surface area (TPSA) is 152 Å². The third kappa shape index (κ3) is 8.52. The van der Waals surface area contributed by atoms with Crippen molar-refractivity contribution in [2.24, 2.45) is 10.4 Å². The minimum Gasteiger partial charge on any atom is -0.497 e. The molecule has 1 amide bonds. The van der Waals surface area contributed by atoms with Gasteiger partial charge in [-0.25, -0.2) is 14.8 Å². The number of ether oxygens (including phenoxy) is 5. The summed E-state index contributed by atoms with van der Waals surface area (Å²) in [6, 6.07) is 21.1. The second kappa shape index (κ2) is 17.1. The van der Waals surface area contributed by atoms with Crippen molar-refractivity contribution in [3.63, 3.8) is 0 Å². The highest BCUT2D eigenvalue weighted by Crippen LogP contribution is 2.50. The first kappa shape index (κ1) is 42.6. The number of pyridine rings is 2. The van der Waals surface area contributed by atoms with Gasteiger partial charge in [0.2, 0.25) is 0 Å². The summed E-state index contributed by atoms with van der Waals surface area (Å²) in [5.41, 5.74) is 0.555. The molecule has 6 heterocycles. The highest BCUT2D eigenvalue weighted by Gasteiger charge is 2.52. The lowest BCUT2D eigenvalue weighted by Gasteiger charge is -2.34. The Hall–Kier alpha value is -6.72. The predicted octanol–water partition coefficient (Wildman–Crippen LogP) is 7.57. The van der Waals surface area contributed by atoms with E-state index in [1.807, 2.05) is 53.4 Å². The zero-order valence-electron chi connectivity index (χ0n) is 35.0. The number of halogens is 4. The van der Waals surface area contributed by atoms with Crippen LogP contribution in [0.15, 0.2) is 96.1 Å². The van der Waals surface area contributed by atoms with Crippen molar-refractivity contribution in [1.29, 1.82) is 0 Å². The lowest BCUT2D eigenvalue weighted by atomic mass is 9.71. The van der Waals surface area contributed by atoms with E-state index in [9.17, 15) is 9.90 Å². The molecule has 3 N–H and O–H groups in total. The monoisotopic (exact) mass is 897 g/mol. The highest BCUT2D eigenvalue weighted by molar-refractivity contribution is 6.33. The van der Waals surface area contributed by atoms with Gasteiger partial charge in [-0.1, -0.05) is 41.9 Å². The maximum Gasteiger partial charge on any atom is 0.418 e. The summed E-state index contributed by atoms with van der Waals surface area (Å²) >= 11 is 7.25. The van der Waals surface area contributed by atoms with E-state index in [2.05, 4.69) is 20.6 Å². The van der Waals surface area contributed by atoms with Crippen molar-refractivity contribution >= 4 is 35.2 Å². The minimum absolute atomic E-state index is 0.00326. The number of anilines is 2. The van der Waals surface area contributed by atoms with E-state index in [0.29, 0.717) is 34.7 Å². The van der Waals surface area contributed by atoms with Gasteiger partial charge in [0.25, 0.3) is 0 Å². The summed E-state index contributed by atoms with van der Waals surface area (Å²) in [6.45, 7) is 2.83. The fourth-order valence-corrected chi connectivity index (χ4v) is 8.87. The number of carboxylic acid groups (broad SMARTS) is 1. The number of benzene rings is 3. The molecule has 3 aromatic carbocycles. The molecule has 2 saturated heterocycles. The van der Waals surface area contributed by atoms with Crippen molar-refractivity contribution in [3.8, 4) is 28.5 Å². The van der Waals surface area contributed by atoms with Crippen LogP contribution < -0.4 is 40.3 Å². The second-order valence-corrected chi connectivity index (χ2v) is 16.5. The summed E-state index contributed by atoms with van der Waals surface area (Å²) < 4.78 is 75.7. The number of methoxy groups -OCH3 is 2. The van der Waals surface area contributed by atoms with Crippen molar-refractivity contribution < 1.29 is 46.8 Å². The van der Waals surface area contributed by atoms with Gasteiger partial charge in [-0.05, 0) is 78.9 Å². The third-order valence-electron chi connectivity index (χ3n) is 11.7. The van der Waals surface area contributed by atoms with Crippen LogP contribution in [0, 0.1) is 12.3 Å². The molecule has 2 bridgehead atoms. The van der Waals surface area contributed by atoms with E-state index in [1.165, 1.54) is 25.3 Å². The molecule has 2 aromatic heterocycles. The van der Waals surface area contributed by atoms with Gasteiger partial charge < -0.3 is 43.9 Å². The highest BCUT2D eigenvalue weighted by atomic mass is 35.5. The molecule has 3 fully saturated rings. The number of nitrogens with zero attached hydrogens (tertiary/aromatic N) is 5. The van der Waals surface area contributed by atoms with Gasteiger partial charge >= 0.3 is 18.2 Å². The number of hydrogen-bond donors (Lipinski definition) is 3. The first-order valence-electron chi connectivity index (χ1n) is 20.4. The number of aromatic nitrogens is 2. The number of hydrogen-bond acceptors (Lipinski definition) is 12. The fraction of sp³-hybridized carbons (Fsp3) is 0.304. The molecule has 0 spiro atoms. The normalized spacial score (nSPS) is 18.3. The molecule has 18 heteroatoms. The molecule has 1 saturated carbocycles. The Labute approximate surface area is 370 Å². The average molecular weight is 898 g/mol. The smallest absolute Gasteiger partial charge is 0.418 e. The number of rotatable bonds is 14. The molecule has 14 nitrogen and oxygen atoms in total. The molecular weight excluding hydrogens is 855 g/mol. The van der Waals surface area contributed by atoms with Crippen LogP contribution in [0.2, 0.25) is 5.02 Å². The van der Waals surface area contributed by atoms with Crippen molar-refractivity contribution in [2.75, 3.05) is 44.3 Å². The van der Waals surface area contributed by atoms with Crippen LogP contribution in [0.5, 0.6) is 17.2 Å². The summed E-state index contributed by atoms with van der Waals surface area (Å²) in [5, 5.41) is 15.6. The summed E-state index contributed by atoms with van der Waals surface area (Å²) in [7, 11) is 3.15. The molecule has 0 unspecified atom stereocenters. The van der Waals surface area contributed by atoms with Crippen LogP contribution in [-0.2, 0) is 35.3 Å². The fourth-order valence-electron chi connectivity index (χ4n) is 8.57. The molecule has 64 heavy (non-hydrogen) atoms. The standard InChI is InChI=1S/C46H43ClF3N7O7/c1-26-15-35(56(19-27-6-10-30(60-2)11-7-27)20-28-8-12-31(61-3)13-9-28)54-40(38(26)46(48,49)50)33-16-34-37-41(39(33)47)52-25-53-43(37)57(21-29-5-4-14-51-42(29)55-44(58)59)22-36(64-34)63-24-45-17-32(18-45)62-23-45/h4-16,22,32,53H,17-21,23-25H2,1-3H3,(H,51,55)(H,58,59).